The van der Waals surface area contributed by atoms with Crippen LogP contribution in [0.3, 0.4) is 0 Å². The van der Waals surface area contributed by atoms with Gasteiger partial charge in [0.05, 0.1) is 17.4 Å². The molecule has 0 aromatic heterocycles. The van der Waals surface area contributed by atoms with Gasteiger partial charge in [0, 0.05) is 6.54 Å². The first-order valence-corrected chi connectivity index (χ1v) is 11.4. The molecule has 30 heavy (non-hydrogen) atoms. The minimum absolute atomic E-state index is 0.0236. The maximum absolute atomic E-state index is 12.9. The summed E-state index contributed by atoms with van der Waals surface area (Å²) in [5.41, 5.74) is -0.251. The predicted octanol–water partition coefficient (Wildman–Crippen LogP) is 3.62. The average molecular weight is 443 g/mol. The average Bonchev–Trinajstić information content (AvgIpc) is 2.97. The third kappa shape index (κ3) is 4.82. The summed E-state index contributed by atoms with van der Waals surface area (Å²) in [4.78, 5) is 39.8. The highest BCUT2D eigenvalue weighted by Gasteiger charge is 2.51. The second kappa shape index (κ2) is 9.41. The maximum Gasteiger partial charge on any atom is 0.416 e. The highest BCUT2D eigenvalue weighted by atomic mass is 32.2. The number of alkyl halides is 3. The van der Waals surface area contributed by atoms with Crippen molar-refractivity contribution in [3.8, 4) is 0 Å². The molecule has 1 aliphatic carbocycles. The number of hydrogen-bond acceptors (Lipinski definition) is 4. The Labute approximate surface area is 177 Å². The summed E-state index contributed by atoms with van der Waals surface area (Å²) in [6.07, 6.45) is 0.967. The lowest BCUT2D eigenvalue weighted by Gasteiger charge is -2.26. The molecule has 3 atom stereocenters. The van der Waals surface area contributed by atoms with Crippen LogP contribution < -0.4 is 5.32 Å². The van der Waals surface area contributed by atoms with Crippen molar-refractivity contribution in [1.82, 2.24) is 10.2 Å². The number of benzene rings is 1. The van der Waals surface area contributed by atoms with E-state index in [9.17, 15) is 27.6 Å². The number of hydrogen-bond donors (Lipinski definition) is 1. The van der Waals surface area contributed by atoms with Gasteiger partial charge >= 0.3 is 6.18 Å². The highest BCUT2D eigenvalue weighted by Crippen LogP contribution is 2.39. The standard InChI is InChI=1S/C21H25F3N2O3S/c1-30-11-10-17(26-19(28)15-4-2-3-5-16(15)20(26)29)18(27)25-12-13-6-8-14(9-7-13)21(22,23)24/h6-9,15-17H,2-5,10-12H2,1H3,(H,25,27)/t15-,16+,17-/m0/s1. The molecular formula is C21H25F3N2O3S. The zero-order chi connectivity index (χ0) is 21.9. The molecule has 1 aromatic rings. The van der Waals surface area contributed by atoms with Crippen molar-refractivity contribution in [1.29, 1.82) is 0 Å². The molecular weight excluding hydrogens is 417 g/mol. The number of likely N-dealkylation sites (tertiary alicyclic amines) is 1. The van der Waals surface area contributed by atoms with Gasteiger partial charge in [-0.2, -0.15) is 24.9 Å². The van der Waals surface area contributed by atoms with Crippen LogP contribution in [-0.2, 0) is 27.1 Å². The quantitative estimate of drug-likeness (QED) is 0.655. The highest BCUT2D eigenvalue weighted by molar-refractivity contribution is 7.98. The van der Waals surface area contributed by atoms with Gasteiger partial charge in [0.1, 0.15) is 6.04 Å². The Morgan fingerprint density at radius 2 is 1.70 bits per heavy atom. The lowest BCUT2D eigenvalue weighted by molar-refractivity contribution is -0.148. The lowest BCUT2D eigenvalue weighted by Crippen LogP contribution is -2.50. The molecule has 1 aromatic carbocycles. The fourth-order valence-electron chi connectivity index (χ4n) is 4.22. The van der Waals surface area contributed by atoms with Crippen molar-refractivity contribution in [2.75, 3.05) is 12.0 Å². The number of thioether (sulfide) groups is 1. The van der Waals surface area contributed by atoms with Gasteiger partial charge in [0.25, 0.3) is 0 Å². The second-order valence-electron chi connectivity index (χ2n) is 7.75. The number of carbonyl (C=O) groups excluding carboxylic acids is 3. The first kappa shape index (κ1) is 22.7. The van der Waals surface area contributed by atoms with Gasteiger partial charge in [0.2, 0.25) is 17.7 Å². The van der Waals surface area contributed by atoms with E-state index >= 15 is 0 Å². The summed E-state index contributed by atoms with van der Waals surface area (Å²) in [5, 5.41) is 2.69. The molecule has 1 saturated heterocycles. The molecule has 3 amide bonds. The van der Waals surface area contributed by atoms with Gasteiger partial charge in [-0.05, 0) is 49.0 Å². The summed E-state index contributed by atoms with van der Waals surface area (Å²) < 4.78 is 38.1. The molecule has 2 fully saturated rings. The van der Waals surface area contributed by atoms with Gasteiger partial charge in [-0.1, -0.05) is 25.0 Å². The molecule has 0 unspecified atom stereocenters. The largest absolute Gasteiger partial charge is 0.416 e. The summed E-state index contributed by atoms with van der Waals surface area (Å²) in [6, 6.07) is 3.65. The molecule has 0 spiro atoms. The van der Waals surface area contributed by atoms with E-state index in [1.165, 1.54) is 23.9 Å². The van der Waals surface area contributed by atoms with Crippen LogP contribution >= 0.6 is 11.8 Å². The van der Waals surface area contributed by atoms with Crippen LogP contribution in [0.2, 0.25) is 0 Å². The van der Waals surface area contributed by atoms with Crippen molar-refractivity contribution in [3.05, 3.63) is 35.4 Å². The normalized spacial score (nSPS) is 22.7. The van der Waals surface area contributed by atoms with E-state index in [1.54, 1.807) is 0 Å². The van der Waals surface area contributed by atoms with E-state index in [0.29, 0.717) is 30.6 Å². The summed E-state index contributed by atoms with van der Waals surface area (Å²) in [5.74, 6) is -1.04. The van der Waals surface area contributed by atoms with Crippen molar-refractivity contribution in [3.63, 3.8) is 0 Å². The molecule has 1 saturated carbocycles. The van der Waals surface area contributed by atoms with Gasteiger partial charge in [-0.25, -0.2) is 0 Å². The van der Waals surface area contributed by atoms with E-state index in [0.717, 1.165) is 29.9 Å². The third-order valence-corrected chi connectivity index (χ3v) is 6.48. The van der Waals surface area contributed by atoms with E-state index in [4.69, 9.17) is 0 Å². The van der Waals surface area contributed by atoms with Crippen LogP contribution in [0.5, 0.6) is 0 Å². The van der Waals surface area contributed by atoms with Crippen molar-refractivity contribution in [2.45, 2.75) is 50.9 Å². The number of nitrogens with one attached hydrogen (secondary N) is 1. The molecule has 0 bridgehead atoms. The monoisotopic (exact) mass is 442 g/mol. The van der Waals surface area contributed by atoms with Crippen LogP contribution in [0.1, 0.15) is 43.2 Å². The van der Waals surface area contributed by atoms with Gasteiger partial charge in [0.15, 0.2) is 0 Å². The van der Waals surface area contributed by atoms with Crippen LogP contribution in [0.15, 0.2) is 24.3 Å². The van der Waals surface area contributed by atoms with Crippen molar-refractivity contribution < 1.29 is 27.6 Å². The molecule has 9 heteroatoms. The zero-order valence-corrected chi connectivity index (χ0v) is 17.5. The van der Waals surface area contributed by atoms with E-state index in [1.807, 2.05) is 6.26 Å². The summed E-state index contributed by atoms with van der Waals surface area (Å²) in [7, 11) is 0. The number of fused-ring (bicyclic) bond motifs is 1. The maximum atomic E-state index is 12.9. The number of imide groups is 1. The SMILES string of the molecule is CSCC[C@@H](C(=O)NCc1ccc(C(F)(F)F)cc1)N1C(=O)[C@H]2CCCC[C@H]2C1=O. The van der Waals surface area contributed by atoms with Gasteiger partial charge in [-0.15, -0.1) is 0 Å². The van der Waals surface area contributed by atoms with Gasteiger partial charge in [-0.3, -0.25) is 19.3 Å². The molecule has 1 aliphatic heterocycles. The third-order valence-electron chi connectivity index (χ3n) is 5.83. The number of halogens is 3. The summed E-state index contributed by atoms with van der Waals surface area (Å²) in [6.45, 7) is 0.0236. The molecule has 3 rings (SSSR count). The first-order chi connectivity index (χ1) is 14.2. The molecule has 0 radical (unpaired) electrons. The Morgan fingerprint density at radius 3 is 2.20 bits per heavy atom. The molecule has 164 valence electrons. The number of amides is 3. The Morgan fingerprint density at radius 1 is 1.13 bits per heavy atom. The van der Waals surface area contributed by atoms with Crippen LogP contribution in [0, 0.1) is 11.8 Å². The van der Waals surface area contributed by atoms with Crippen molar-refractivity contribution >= 4 is 29.5 Å². The Hall–Kier alpha value is -2.03. The summed E-state index contributed by atoms with van der Waals surface area (Å²) >= 11 is 1.52. The van der Waals surface area contributed by atoms with E-state index < -0.39 is 23.7 Å². The minimum Gasteiger partial charge on any atom is -0.350 e. The van der Waals surface area contributed by atoms with Gasteiger partial charge < -0.3 is 5.32 Å². The van der Waals surface area contributed by atoms with Crippen LogP contribution in [-0.4, -0.2) is 40.7 Å². The Kier molecular flexibility index (Phi) is 7.10. The lowest BCUT2D eigenvalue weighted by atomic mass is 9.81. The van der Waals surface area contributed by atoms with E-state index in [-0.39, 0.29) is 30.2 Å². The topological polar surface area (TPSA) is 66.5 Å². The fourth-order valence-corrected chi connectivity index (χ4v) is 4.68. The number of rotatable bonds is 7. The van der Waals surface area contributed by atoms with Crippen LogP contribution in [0.25, 0.3) is 0 Å². The fraction of sp³-hybridized carbons (Fsp3) is 0.571. The first-order valence-electron chi connectivity index (χ1n) is 10.0. The molecule has 2 aliphatic rings. The molecule has 1 heterocycles. The smallest absolute Gasteiger partial charge is 0.350 e. The molecule has 5 nitrogen and oxygen atoms in total. The van der Waals surface area contributed by atoms with Crippen LogP contribution in [0.4, 0.5) is 13.2 Å². The Bertz CT molecular complexity index is 774. The predicted molar refractivity (Wildman–Crippen MR) is 107 cm³/mol. The minimum atomic E-state index is -4.42. The van der Waals surface area contributed by atoms with E-state index in [2.05, 4.69) is 5.32 Å². The number of carbonyl (C=O) groups is 3. The number of nitrogens with zero attached hydrogens (tertiary/aromatic N) is 1. The molecule has 1 N–H and O–H groups in total. The Balaban J connectivity index is 1.70. The second-order valence-corrected chi connectivity index (χ2v) is 8.74. The zero-order valence-electron chi connectivity index (χ0n) is 16.7. The van der Waals surface area contributed by atoms with Crippen molar-refractivity contribution in [2.24, 2.45) is 11.8 Å².